The largest absolute Gasteiger partial charge is 0.457 e. The number of nitrogens with zero attached hydrogens (tertiary/aromatic N) is 2. The number of imide groups is 2. The van der Waals surface area contributed by atoms with Crippen molar-refractivity contribution in [2.45, 2.75) is 32.7 Å². The van der Waals surface area contributed by atoms with Crippen LogP contribution in [-0.2, 0) is 0 Å². The average Bonchev–Trinajstić information content (AvgIpc) is 3.07. The monoisotopic (exact) mass is 392 g/mol. The molecule has 0 spiro atoms. The predicted molar refractivity (Wildman–Crippen MR) is 104 cm³/mol. The van der Waals surface area contributed by atoms with Crippen LogP contribution in [0.3, 0.4) is 0 Å². The van der Waals surface area contributed by atoms with Gasteiger partial charge in [-0.3, -0.25) is 29.0 Å². The number of ether oxygens (including phenoxy) is 1. The number of benzene rings is 2. The molecule has 0 fully saturated rings. The van der Waals surface area contributed by atoms with Crippen LogP contribution in [0.25, 0.3) is 0 Å². The Bertz CT molecular complexity index is 1100. The zero-order chi connectivity index (χ0) is 21.1. The molecule has 4 rings (SSSR count). The van der Waals surface area contributed by atoms with Crippen molar-refractivity contribution >= 4 is 23.6 Å². The predicted octanol–water partition coefficient (Wildman–Crippen LogP) is 3.49. The molecule has 2 aromatic carbocycles. The number of hydrogen-bond donors (Lipinski definition) is 0. The first-order chi connectivity index (χ1) is 13.7. The van der Waals surface area contributed by atoms with Gasteiger partial charge < -0.3 is 4.74 Å². The van der Waals surface area contributed by atoms with Crippen LogP contribution in [0.2, 0.25) is 0 Å². The van der Waals surface area contributed by atoms with Gasteiger partial charge in [-0.1, -0.05) is 6.92 Å². The minimum Gasteiger partial charge on any atom is -0.457 e. The van der Waals surface area contributed by atoms with E-state index >= 15 is 0 Å². The first-order valence-corrected chi connectivity index (χ1v) is 9.33. The SMILES string of the molecule is CCC(C)(C)N1C(=O)c2ccc(Oc3ccc4c(c3)C(=O)N(C)C4=O)cc2C1=O. The molecule has 2 aliphatic heterocycles. The summed E-state index contributed by atoms with van der Waals surface area (Å²) in [5, 5.41) is 0. The van der Waals surface area contributed by atoms with Crippen LogP contribution in [-0.4, -0.2) is 46.0 Å². The van der Waals surface area contributed by atoms with Gasteiger partial charge in [-0.25, -0.2) is 0 Å². The van der Waals surface area contributed by atoms with Crippen molar-refractivity contribution in [3.05, 3.63) is 58.7 Å². The van der Waals surface area contributed by atoms with Gasteiger partial charge in [-0.15, -0.1) is 0 Å². The Balaban J connectivity index is 1.65. The van der Waals surface area contributed by atoms with Gasteiger partial charge in [0.25, 0.3) is 23.6 Å². The summed E-state index contributed by atoms with van der Waals surface area (Å²) in [7, 11) is 1.43. The quantitative estimate of drug-likeness (QED) is 0.744. The van der Waals surface area contributed by atoms with E-state index in [1.807, 2.05) is 20.8 Å². The Morgan fingerprint density at radius 2 is 1.21 bits per heavy atom. The lowest BCUT2D eigenvalue weighted by molar-refractivity contribution is 0.0473. The normalized spacial score (nSPS) is 15.9. The Labute approximate surface area is 167 Å². The molecule has 0 atom stereocenters. The molecule has 29 heavy (non-hydrogen) atoms. The van der Waals surface area contributed by atoms with Gasteiger partial charge in [-0.05, 0) is 56.7 Å². The lowest BCUT2D eigenvalue weighted by Crippen LogP contribution is -2.47. The smallest absolute Gasteiger partial charge is 0.262 e. The highest BCUT2D eigenvalue weighted by atomic mass is 16.5. The molecule has 0 aromatic heterocycles. The van der Waals surface area contributed by atoms with Crippen LogP contribution in [0.5, 0.6) is 11.5 Å². The molecule has 2 aromatic rings. The second-order valence-electron chi connectivity index (χ2n) is 7.80. The Kier molecular flexibility index (Phi) is 4.08. The van der Waals surface area contributed by atoms with Crippen molar-refractivity contribution in [1.82, 2.24) is 9.80 Å². The maximum atomic E-state index is 12.8. The van der Waals surface area contributed by atoms with Crippen molar-refractivity contribution in [3.63, 3.8) is 0 Å². The molecule has 148 valence electrons. The van der Waals surface area contributed by atoms with Gasteiger partial charge in [0.15, 0.2) is 0 Å². The summed E-state index contributed by atoms with van der Waals surface area (Å²) in [6, 6.07) is 9.36. The third kappa shape index (κ3) is 2.73. The highest BCUT2D eigenvalue weighted by molar-refractivity contribution is 6.22. The lowest BCUT2D eigenvalue weighted by atomic mass is 9.99. The molecular weight excluding hydrogens is 372 g/mol. The summed E-state index contributed by atoms with van der Waals surface area (Å²) in [6.07, 6.45) is 0.637. The fourth-order valence-electron chi connectivity index (χ4n) is 3.53. The van der Waals surface area contributed by atoms with E-state index < -0.39 is 5.54 Å². The van der Waals surface area contributed by atoms with E-state index in [2.05, 4.69) is 0 Å². The van der Waals surface area contributed by atoms with Crippen LogP contribution in [0.1, 0.15) is 68.6 Å². The molecule has 4 amide bonds. The molecule has 7 nitrogen and oxygen atoms in total. The summed E-state index contributed by atoms with van der Waals surface area (Å²) in [6.45, 7) is 5.63. The van der Waals surface area contributed by atoms with Crippen molar-refractivity contribution in [1.29, 1.82) is 0 Å². The maximum Gasteiger partial charge on any atom is 0.262 e. The summed E-state index contributed by atoms with van der Waals surface area (Å²) in [5.74, 6) is -0.667. The highest BCUT2D eigenvalue weighted by Crippen LogP contribution is 2.35. The second kappa shape index (κ2) is 6.27. The van der Waals surface area contributed by atoms with Crippen molar-refractivity contribution in [2.24, 2.45) is 0 Å². The van der Waals surface area contributed by atoms with Crippen LogP contribution in [0, 0.1) is 0 Å². The van der Waals surface area contributed by atoms with Crippen LogP contribution in [0.15, 0.2) is 36.4 Å². The van der Waals surface area contributed by atoms with E-state index in [9.17, 15) is 19.2 Å². The van der Waals surface area contributed by atoms with E-state index in [4.69, 9.17) is 4.74 Å². The van der Waals surface area contributed by atoms with Gasteiger partial charge in [0, 0.05) is 12.6 Å². The van der Waals surface area contributed by atoms with Gasteiger partial charge >= 0.3 is 0 Å². The summed E-state index contributed by atoms with van der Waals surface area (Å²) in [5.41, 5.74) is 0.657. The molecule has 0 aliphatic carbocycles. The second-order valence-corrected chi connectivity index (χ2v) is 7.80. The van der Waals surface area contributed by atoms with E-state index in [1.165, 1.54) is 24.1 Å². The van der Waals surface area contributed by atoms with E-state index in [1.54, 1.807) is 24.3 Å². The van der Waals surface area contributed by atoms with Gasteiger partial charge in [-0.2, -0.15) is 0 Å². The minimum absolute atomic E-state index is 0.276. The zero-order valence-electron chi connectivity index (χ0n) is 16.6. The van der Waals surface area contributed by atoms with E-state index in [0.29, 0.717) is 34.6 Å². The highest BCUT2D eigenvalue weighted by Gasteiger charge is 2.43. The molecule has 2 heterocycles. The van der Waals surface area contributed by atoms with Crippen LogP contribution < -0.4 is 4.74 Å². The lowest BCUT2D eigenvalue weighted by Gasteiger charge is -2.32. The molecule has 0 N–H and O–H groups in total. The molecule has 0 bridgehead atoms. The first-order valence-electron chi connectivity index (χ1n) is 9.33. The molecule has 0 unspecified atom stereocenters. The van der Waals surface area contributed by atoms with Crippen molar-refractivity contribution in [2.75, 3.05) is 7.05 Å². The third-order valence-corrected chi connectivity index (χ3v) is 5.63. The first kappa shape index (κ1) is 18.9. The van der Waals surface area contributed by atoms with Gasteiger partial charge in [0.1, 0.15) is 11.5 Å². The number of amides is 4. The minimum atomic E-state index is -0.590. The number of carbonyl (C=O) groups is 4. The molecule has 2 aliphatic rings. The number of rotatable bonds is 4. The fraction of sp³-hybridized carbons (Fsp3) is 0.273. The maximum absolute atomic E-state index is 12.8. The summed E-state index contributed by atoms with van der Waals surface area (Å²) < 4.78 is 5.81. The zero-order valence-corrected chi connectivity index (χ0v) is 16.6. The van der Waals surface area contributed by atoms with E-state index in [0.717, 1.165) is 4.90 Å². The van der Waals surface area contributed by atoms with E-state index in [-0.39, 0.29) is 29.2 Å². The summed E-state index contributed by atoms with van der Waals surface area (Å²) in [4.78, 5) is 52.1. The van der Waals surface area contributed by atoms with Crippen LogP contribution in [0.4, 0.5) is 0 Å². The Hall–Kier alpha value is -3.48. The average molecular weight is 392 g/mol. The topological polar surface area (TPSA) is 84.0 Å². The molecule has 0 saturated carbocycles. The standard InChI is InChI=1S/C22H20N2O5/c1-5-22(2,3)24-20(27)15-9-7-13(11-17(15)21(24)28)29-12-6-8-14-16(10-12)19(26)23(4)18(14)25/h6-11H,5H2,1-4H3. The third-order valence-electron chi connectivity index (χ3n) is 5.63. The molecule has 0 radical (unpaired) electrons. The Morgan fingerprint density at radius 1 is 0.759 bits per heavy atom. The van der Waals surface area contributed by atoms with Gasteiger partial charge in [0.05, 0.1) is 22.3 Å². The van der Waals surface area contributed by atoms with Crippen molar-refractivity contribution in [3.8, 4) is 11.5 Å². The fourth-order valence-corrected chi connectivity index (χ4v) is 3.53. The molecule has 7 heteroatoms. The van der Waals surface area contributed by atoms with Crippen molar-refractivity contribution < 1.29 is 23.9 Å². The molecule has 0 saturated heterocycles. The number of hydrogen-bond acceptors (Lipinski definition) is 5. The number of fused-ring (bicyclic) bond motifs is 2. The summed E-state index contributed by atoms with van der Waals surface area (Å²) >= 11 is 0. The Morgan fingerprint density at radius 3 is 1.76 bits per heavy atom. The molecular formula is C22H20N2O5. The van der Waals surface area contributed by atoms with Gasteiger partial charge in [0.2, 0.25) is 0 Å². The number of carbonyl (C=O) groups excluding carboxylic acids is 4. The van der Waals surface area contributed by atoms with Crippen LogP contribution >= 0.6 is 0 Å².